The number of nitrogens with one attached hydrogen (secondary N) is 1. The van der Waals surface area contributed by atoms with E-state index < -0.39 is 0 Å². The predicted molar refractivity (Wildman–Crippen MR) is 51.8 cm³/mol. The van der Waals surface area contributed by atoms with Crippen molar-refractivity contribution in [1.29, 1.82) is 0 Å². The molecular formula is C10H12N2. The van der Waals surface area contributed by atoms with Crippen LogP contribution in [0.4, 0.5) is 0 Å². The largest absolute Gasteiger partial charge is 0.358 e. The van der Waals surface area contributed by atoms with Crippen LogP contribution in [0.15, 0.2) is 28.5 Å². The van der Waals surface area contributed by atoms with E-state index in [0.717, 1.165) is 17.0 Å². The highest BCUT2D eigenvalue weighted by Gasteiger charge is 2.05. The number of hydrogen-bond donors (Lipinski definition) is 1. The van der Waals surface area contributed by atoms with Crippen LogP contribution in [-0.4, -0.2) is 12.8 Å². The number of rotatable bonds is 2. The minimum Gasteiger partial charge on any atom is -0.358 e. The van der Waals surface area contributed by atoms with Gasteiger partial charge >= 0.3 is 0 Å². The molecule has 0 spiro atoms. The van der Waals surface area contributed by atoms with Gasteiger partial charge in [0, 0.05) is 6.21 Å². The van der Waals surface area contributed by atoms with E-state index in [1.54, 1.807) is 6.21 Å². The van der Waals surface area contributed by atoms with Crippen molar-refractivity contribution in [1.82, 2.24) is 5.32 Å². The third kappa shape index (κ3) is 1.76. The number of nitrogens with zero attached hydrogens (tertiary/aromatic N) is 1. The molecule has 2 heteroatoms. The Morgan fingerprint density at radius 1 is 1.75 bits per heavy atom. The van der Waals surface area contributed by atoms with E-state index in [2.05, 4.69) is 28.7 Å². The van der Waals surface area contributed by atoms with Gasteiger partial charge in [0.25, 0.3) is 0 Å². The van der Waals surface area contributed by atoms with Crippen molar-refractivity contribution in [2.45, 2.75) is 13.8 Å². The standard InChI is InChI=1S/C10H12N2/c1-4-11-10-9(8(2)3)6-5-7-12-10/h4,12H,2,7H2,1,3H3. The molecule has 0 unspecified atom stereocenters. The molecule has 0 saturated heterocycles. The van der Waals surface area contributed by atoms with Crippen LogP contribution in [0.5, 0.6) is 0 Å². The van der Waals surface area contributed by atoms with Gasteiger partial charge in [-0.25, -0.2) is 4.99 Å². The summed E-state index contributed by atoms with van der Waals surface area (Å²) < 4.78 is 0. The molecule has 2 nitrogen and oxygen atoms in total. The highest BCUT2D eigenvalue weighted by atomic mass is 15.0. The molecule has 1 rings (SSSR count). The van der Waals surface area contributed by atoms with Crippen LogP contribution in [0.3, 0.4) is 0 Å². The van der Waals surface area contributed by atoms with Gasteiger partial charge in [0.05, 0.1) is 12.1 Å². The van der Waals surface area contributed by atoms with Crippen LogP contribution in [0.2, 0.25) is 0 Å². The minimum atomic E-state index is 0.670. The average molecular weight is 160 g/mol. The van der Waals surface area contributed by atoms with Crippen molar-refractivity contribution in [2.24, 2.45) is 4.99 Å². The summed E-state index contributed by atoms with van der Waals surface area (Å²) in [6.07, 6.45) is 1.75. The van der Waals surface area contributed by atoms with Gasteiger partial charge < -0.3 is 5.32 Å². The van der Waals surface area contributed by atoms with Crippen LogP contribution in [0.25, 0.3) is 0 Å². The van der Waals surface area contributed by atoms with E-state index in [1.807, 2.05) is 13.8 Å². The van der Waals surface area contributed by atoms with Gasteiger partial charge in [-0.1, -0.05) is 18.4 Å². The van der Waals surface area contributed by atoms with Crippen molar-refractivity contribution in [3.63, 3.8) is 0 Å². The molecule has 1 aliphatic rings. The second kappa shape index (κ2) is 3.77. The van der Waals surface area contributed by atoms with Crippen LogP contribution in [0, 0.1) is 11.8 Å². The molecule has 1 heterocycles. The van der Waals surface area contributed by atoms with E-state index in [4.69, 9.17) is 0 Å². The molecule has 0 bridgehead atoms. The molecule has 0 aliphatic carbocycles. The predicted octanol–water partition coefficient (Wildman–Crippen LogP) is 1.47. The Bertz CT molecular complexity index is 310. The van der Waals surface area contributed by atoms with E-state index in [1.165, 1.54) is 0 Å². The van der Waals surface area contributed by atoms with Gasteiger partial charge in [0.1, 0.15) is 5.82 Å². The fourth-order valence-corrected chi connectivity index (χ4v) is 0.956. The number of hydrogen-bond acceptors (Lipinski definition) is 2. The lowest BCUT2D eigenvalue weighted by Gasteiger charge is -2.10. The Morgan fingerprint density at radius 3 is 3.08 bits per heavy atom. The van der Waals surface area contributed by atoms with Crippen LogP contribution >= 0.6 is 0 Å². The summed E-state index contributed by atoms with van der Waals surface area (Å²) in [4.78, 5) is 4.17. The number of aliphatic imine (C=N–C) groups is 1. The Hall–Kier alpha value is -1.49. The highest BCUT2D eigenvalue weighted by Crippen LogP contribution is 2.12. The summed E-state index contributed by atoms with van der Waals surface area (Å²) in [5, 5.41) is 3.10. The Kier molecular flexibility index (Phi) is 2.71. The SMILES string of the molecule is C=C(C)C1=C(N=CC)NCC#C1. The summed E-state index contributed by atoms with van der Waals surface area (Å²) >= 11 is 0. The van der Waals surface area contributed by atoms with Crippen LogP contribution < -0.4 is 5.32 Å². The zero-order valence-electron chi connectivity index (χ0n) is 7.44. The van der Waals surface area contributed by atoms with Crippen molar-refractivity contribution in [3.8, 4) is 11.8 Å². The monoisotopic (exact) mass is 160 g/mol. The molecule has 0 aromatic rings. The average Bonchev–Trinajstić information content (AvgIpc) is 2.05. The zero-order chi connectivity index (χ0) is 8.97. The smallest absolute Gasteiger partial charge is 0.142 e. The zero-order valence-corrected chi connectivity index (χ0v) is 7.44. The van der Waals surface area contributed by atoms with Gasteiger partial charge in [0.2, 0.25) is 0 Å². The molecule has 0 aromatic carbocycles. The summed E-state index contributed by atoms with van der Waals surface area (Å²) in [6, 6.07) is 0. The minimum absolute atomic E-state index is 0.670. The molecule has 1 aliphatic heterocycles. The lowest BCUT2D eigenvalue weighted by Crippen LogP contribution is -2.17. The molecule has 0 fully saturated rings. The van der Waals surface area contributed by atoms with Crippen LogP contribution in [-0.2, 0) is 0 Å². The topological polar surface area (TPSA) is 24.4 Å². The first-order valence-corrected chi connectivity index (χ1v) is 3.87. The van der Waals surface area contributed by atoms with E-state index in [9.17, 15) is 0 Å². The molecule has 0 saturated carbocycles. The lowest BCUT2D eigenvalue weighted by atomic mass is 10.1. The van der Waals surface area contributed by atoms with Gasteiger partial charge in [0.15, 0.2) is 0 Å². The molecule has 1 N–H and O–H groups in total. The van der Waals surface area contributed by atoms with Gasteiger partial charge in [-0.15, -0.1) is 0 Å². The Labute approximate surface area is 73.1 Å². The second-order valence-corrected chi connectivity index (χ2v) is 2.55. The Morgan fingerprint density at radius 2 is 2.50 bits per heavy atom. The summed E-state index contributed by atoms with van der Waals surface area (Å²) in [7, 11) is 0. The third-order valence-electron chi connectivity index (χ3n) is 1.48. The van der Waals surface area contributed by atoms with E-state index in [-0.39, 0.29) is 0 Å². The fraction of sp³-hybridized carbons (Fsp3) is 0.300. The first-order valence-electron chi connectivity index (χ1n) is 3.87. The summed E-state index contributed by atoms with van der Waals surface area (Å²) in [6.45, 7) is 8.32. The maximum atomic E-state index is 4.17. The van der Waals surface area contributed by atoms with Gasteiger partial charge in [-0.05, 0) is 19.4 Å². The molecule has 0 radical (unpaired) electrons. The van der Waals surface area contributed by atoms with Crippen LogP contribution in [0.1, 0.15) is 13.8 Å². The molecule has 0 amide bonds. The van der Waals surface area contributed by atoms with Gasteiger partial charge in [-0.2, -0.15) is 0 Å². The van der Waals surface area contributed by atoms with Gasteiger partial charge in [-0.3, -0.25) is 0 Å². The van der Waals surface area contributed by atoms with Crippen molar-refractivity contribution >= 4 is 6.21 Å². The van der Waals surface area contributed by atoms with Crippen molar-refractivity contribution < 1.29 is 0 Å². The first kappa shape index (κ1) is 8.61. The summed E-state index contributed by atoms with van der Waals surface area (Å²) in [5.74, 6) is 6.79. The fourth-order valence-electron chi connectivity index (χ4n) is 0.956. The maximum Gasteiger partial charge on any atom is 0.142 e. The highest BCUT2D eigenvalue weighted by molar-refractivity contribution is 5.58. The maximum absolute atomic E-state index is 4.17. The molecule has 0 aromatic heterocycles. The molecule has 0 atom stereocenters. The lowest BCUT2D eigenvalue weighted by molar-refractivity contribution is 0.883. The van der Waals surface area contributed by atoms with E-state index in [0.29, 0.717) is 6.54 Å². The second-order valence-electron chi connectivity index (χ2n) is 2.55. The van der Waals surface area contributed by atoms with Crippen molar-refractivity contribution in [3.05, 3.63) is 23.5 Å². The van der Waals surface area contributed by atoms with Crippen molar-refractivity contribution in [2.75, 3.05) is 6.54 Å². The first-order chi connectivity index (χ1) is 5.75. The Balaban J connectivity index is 3.04. The molecule has 12 heavy (non-hydrogen) atoms. The van der Waals surface area contributed by atoms with E-state index >= 15 is 0 Å². The number of allylic oxidation sites excluding steroid dienone is 2. The quantitative estimate of drug-likeness (QED) is 0.480. The summed E-state index contributed by atoms with van der Waals surface area (Å²) in [5.41, 5.74) is 1.87. The molecule has 62 valence electrons. The third-order valence-corrected chi connectivity index (χ3v) is 1.48. The molecular weight excluding hydrogens is 148 g/mol. The normalized spacial score (nSPS) is 15.5.